The number of hydrogen-bond acceptors (Lipinski definition) is 8. The number of nitrogens with zero attached hydrogens (tertiary/aromatic N) is 3. The Hall–Kier alpha value is -4.66. The smallest absolute Gasteiger partial charge is 0.340 e. The lowest BCUT2D eigenvalue weighted by Gasteiger charge is -2.21. The molecule has 1 saturated heterocycles. The van der Waals surface area contributed by atoms with E-state index < -0.39 is 42.4 Å². The van der Waals surface area contributed by atoms with E-state index in [-0.39, 0.29) is 17.7 Å². The van der Waals surface area contributed by atoms with Crippen LogP contribution >= 0.6 is 0 Å². The Balaban J connectivity index is 1.55. The summed E-state index contributed by atoms with van der Waals surface area (Å²) >= 11 is 0. The minimum atomic E-state index is -1.39. The molecular weight excluding hydrogens is 466 g/mol. The minimum absolute atomic E-state index is 0.248. The molecule has 182 valence electrons. The topological polar surface area (TPSA) is 137 Å². The number of ether oxygens (including phenoxy) is 4. The van der Waals surface area contributed by atoms with Crippen molar-refractivity contribution in [2.24, 2.45) is 5.11 Å². The van der Waals surface area contributed by atoms with E-state index in [4.69, 9.17) is 24.5 Å². The van der Waals surface area contributed by atoms with Crippen molar-refractivity contribution in [2.75, 3.05) is 6.61 Å². The summed E-state index contributed by atoms with van der Waals surface area (Å²) in [5.41, 5.74) is 9.97. The molecule has 1 aliphatic heterocycles. The zero-order chi connectivity index (χ0) is 25.3. The zero-order valence-electron chi connectivity index (χ0n) is 18.9. The summed E-state index contributed by atoms with van der Waals surface area (Å²) in [5.74, 6) is -2.07. The lowest BCUT2D eigenvalue weighted by Crippen LogP contribution is -2.38. The molecule has 0 aromatic heterocycles. The summed E-state index contributed by atoms with van der Waals surface area (Å²) in [4.78, 5) is 40.7. The van der Waals surface area contributed by atoms with Crippen LogP contribution in [0.5, 0.6) is 0 Å². The Morgan fingerprint density at radius 2 is 1.22 bits per heavy atom. The van der Waals surface area contributed by atoms with Crippen LogP contribution in [0.15, 0.2) is 96.1 Å². The maximum atomic E-state index is 12.8. The highest BCUT2D eigenvalue weighted by molar-refractivity contribution is 5.90. The maximum absolute atomic E-state index is 12.8. The SMILES string of the molecule is [N-]=[N+]=NC1C(OC(=O)c2ccccc2)[C@@H](COC(=O)c2ccccc2)O[C@@H]1OC(=O)c1ccccc1. The van der Waals surface area contributed by atoms with Crippen LogP contribution in [0, 0.1) is 0 Å². The summed E-state index contributed by atoms with van der Waals surface area (Å²) in [6.07, 6.45) is -3.66. The molecule has 0 spiro atoms. The second-order valence-electron chi connectivity index (χ2n) is 7.71. The van der Waals surface area contributed by atoms with Gasteiger partial charge in [-0.3, -0.25) is 0 Å². The van der Waals surface area contributed by atoms with Crippen LogP contribution in [0.4, 0.5) is 0 Å². The van der Waals surface area contributed by atoms with E-state index in [0.29, 0.717) is 5.56 Å². The van der Waals surface area contributed by atoms with Gasteiger partial charge in [0.1, 0.15) is 24.9 Å². The Labute approximate surface area is 206 Å². The fraction of sp³-hybridized carbons (Fsp3) is 0.192. The average Bonchev–Trinajstić information content (AvgIpc) is 3.24. The first kappa shape index (κ1) is 24.5. The van der Waals surface area contributed by atoms with Gasteiger partial charge in [0.05, 0.1) is 16.7 Å². The first-order valence-electron chi connectivity index (χ1n) is 11.0. The molecule has 36 heavy (non-hydrogen) atoms. The van der Waals surface area contributed by atoms with Gasteiger partial charge in [-0.05, 0) is 41.9 Å². The highest BCUT2D eigenvalue weighted by Gasteiger charge is 2.49. The highest BCUT2D eigenvalue weighted by atomic mass is 16.7. The van der Waals surface area contributed by atoms with Crippen molar-refractivity contribution in [1.82, 2.24) is 0 Å². The predicted molar refractivity (Wildman–Crippen MR) is 126 cm³/mol. The first-order chi connectivity index (χ1) is 17.6. The van der Waals surface area contributed by atoms with Gasteiger partial charge < -0.3 is 18.9 Å². The van der Waals surface area contributed by atoms with E-state index in [2.05, 4.69) is 10.0 Å². The molecule has 1 heterocycles. The van der Waals surface area contributed by atoms with Gasteiger partial charge in [0.15, 0.2) is 0 Å². The quantitative estimate of drug-likeness (QED) is 0.152. The fourth-order valence-electron chi connectivity index (χ4n) is 3.59. The van der Waals surface area contributed by atoms with E-state index in [0.717, 1.165) is 0 Å². The number of hydrogen-bond donors (Lipinski definition) is 0. The molecule has 3 aromatic carbocycles. The van der Waals surface area contributed by atoms with Gasteiger partial charge >= 0.3 is 17.9 Å². The van der Waals surface area contributed by atoms with Crippen LogP contribution in [0.2, 0.25) is 0 Å². The van der Waals surface area contributed by atoms with Crippen molar-refractivity contribution in [3.8, 4) is 0 Å². The molecule has 0 saturated carbocycles. The molecule has 3 aromatic rings. The van der Waals surface area contributed by atoms with Crippen molar-refractivity contribution >= 4 is 17.9 Å². The third kappa shape index (κ3) is 5.87. The normalized spacial score (nSPS) is 20.6. The molecule has 0 aliphatic carbocycles. The Bertz CT molecular complexity index is 1250. The first-order valence-corrected chi connectivity index (χ1v) is 11.0. The van der Waals surface area contributed by atoms with Crippen LogP contribution in [-0.4, -0.2) is 49.1 Å². The molecular formula is C26H21N3O7. The molecule has 10 heteroatoms. The van der Waals surface area contributed by atoms with Crippen LogP contribution < -0.4 is 0 Å². The third-order valence-corrected chi connectivity index (χ3v) is 5.35. The molecule has 4 atom stereocenters. The van der Waals surface area contributed by atoms with E-state index >= 15 is 0 Å². The van der Waals surface area contributed by atoms with Crippen LogP contribution in [-0.2, 0) is 18.9 Å². The average molecular weight is 487 g/mol. The van der Waals surface area contributed by atoms with E-state index in [1.807, 2.05) is 0 Å². The minimum Gasteiger partial charge on any atom is -0.459 e. The number of esters is 3. The number of rotatable bonds is 8. The van der Waals surface area contributed by atoms with Crippen molar-refractivity contribution in [2.45, 2.75) is 24.5 Å². The summed E-state index contributed by atoms with van der Waals surface area (Å²) in [6.45, 7) is -0.350. The summed E-state index contributed by atoms with van der Waals surface area (Å²) < 4.78 is 22.2. The van der Waals surface area contributed by atoms with Crippen LogP contribution in [0.1, 0.15) is 31.1 Å². The largest absolute Gasteiger partial charge is 0.459 e. The summed E-state index contributed by atoms with van der Waals surface area (Å²) in [6, 6.07) is 23.4. The number of benzene rings is 3. The predicted octanol–water partition coefficient (Wildman–Crippen LogP) is 4.33. The van der Waals surface area contributed by atoms with Crippen molar-refractivity contribution in [3.05, 3.63) is 118 Å². The molecule has 4 rings (SSSR count). The van der Waals surface area contributed by atoms with Gasteiger partial charge in [0.25, 0.3) is 0 Å². The van der Waals surface area contributed by atoms with Crippen molar-refractivity contribution in [1.29, 1.82) is 0 Å². The van der Waals surface area contributed by atoms with Crippen LogP contribution in [0.3, 0.4) is 0 Å². The third-order valence-electron chi connectivity index (χ3n) is 5.35. The second kappa shape index (κ2) is 11.7. The Morgan fingerprint density at radius 1 is 0.750 bits per heavy atom. The molecule has 10 nitrogen and oxygen atoms in total. The highest BCUT2D eigenvalue weighted by Crippen LogP contribution is 2.30. The van der Waals surface area contributed by atoms with E-state index in [1.165, 1.54) is 0 Å². The zero-order valence-corrected chi connectivity index (χ0v) is 18.9. The van der Waals surface area contributed by atoms with Gasteiger partial charge in [-0.2, -0.15) is 0 Å². The fourth-order valence-corrected chi connectivity index (χ4v) is 3.59. The molecule has 0 radical (unpaired) electrons. The molecule has 0 amide bonds. The van der Waals surface area contributed by atoms with E-state index in [9.17, 15) is 14.4 Å². The Morgan fingerprint density at radius 3 is 1.72 bits per heavy atom. The lowest BCUT2D eigenvalue weighted by molar-refractivity contribution is -0.120. The van der Waals surface area contributed by atoms with Crippen molar-refractivity contribution in [3.63, 3.8) is 0 Å². The van der Waals surface area contributed by atoms with Gasteiger partial charge in [-0.25, -0.2) is 14.4 Å². The molecule has 0 bridgehead atoms. The number of carbonyl (C=O) groups excluding carboxylic acids is 3. The van der Waals surface area contributed by atoms with Gasteiger partial charge in [-0.1, -0.05) is 59.7 Å². The number of carbonyl (C=O) groups is 3. The summed E-state index contributed by atoms with van der Waals surface area (Å²) in [7, 11) is 0. The van der Waals surface area contributed by atoms with Crippen molar-refractivity contribution < 1.29 is 33.3 Å². The van der Waals surface area contributed by atoms with Gasteiger partial charge in [0.2, 0.25) is 6.29 Å². The van der Waals surface area contributed by atoms with Crippen LogP contribution in [0.25, 0.3) is 10.4 Å². The lowest BCUT2D eigenvalue weighted by atomic mass is 10.1. The number of azide groups is 1. The van der Waals surface area contributed by atoms with Gasteiger partial charge in [-0.15, -0.1) is 0 Å². The van der Waals surface area contributed by atoms with E-state index in [1.54, 1.807) is 91.0 Å². The maximum Gasteiger partial charge on any atom is 0.340 e. The Kier molecular flexibility index (Phi) is 7.92. The summed E-state index contributed by atoms with van der Waals surface area (Å²) in [5, 5.41) is 3.68. The molecule has 0 N–H and O–H groups in total. The monoisotopic (exact) mass is 487 g/mol. The van der Waals surface area contributed by atoms with Gasteiger partial charge in [0, 0.05) is 4.91 Å². The standard InChI is InChI=1S/C26H21N3O7/c27-29-28-21-22(35-24(31)18-12-6-2-7-13-18)20(16-33-23(30)17-10-4-1-5-11-17)34-26(21)36-25(32)19-14-8-3-9-15-19/h1-15,20-22,26H,16H2/t20-,21?,22?,26-/m1/s1. The second-order valence-corrected chi connectivity index (χ2v) is 7.71. The molecule has 1 aliphatic rings. The molecule has 1 fully saturated rings. The molecule has 2 unspecified atom stereocenters.